The fourth-order valence-corrected chi connectivity index (χ4v) is 9.37. The van der Waals surface area contributed by atoms with E-state index in [0.29, 0.717) is 42.6 Å². The van der Waals surface area contributed by atoms with Gasteiger partial charge in [0.05, 0.1) is 43.3 Å². The molecule has 19 heteroatoms. The smallest absolute Gasteiger partial charge is 0.342 e. The number of fused-ring (bicyclic) bond motifs is 2. The molecule has 3 aliphatic heterocycles. The molecule has 3 N–H and O–H groups in total. The van der Waals surface area contributed by atoms with Gasteiger partial charge in [-0.25, -0.2) is 4.98 Å². The molecule has 17 nitrogen and oxygen atoms in total. The van der Waals surface area contributed by atoms with Crippen LogP contribution < -0.4 is 35.2 Å². The van der Waals surface area contributed by atoms with Crippen molar-refractivity contribution < 1.29 is 47.0 Å². The van der Waals surface area contributed by atoms with Crippen LogP contribution in [-0.4, -0.2) is 126 Å². The molecule has 63 heavy (non-hydrogen) atoms. The van der Waals surface area contributed by atoms with Crippen molar-refractivity contribution in [1.82, 2.24) is 30.4 Å². The first-order valence-electron chi connectivity index (χ1n) is 21.5. The van der Waals surface area contributed by atoms with E-state index in [2.05, 4.69) is 30.8 Å². The number of methoxy groups -OCH3 is 1. The molecule has 4 heterocycles. The summed E-state index contributed by atoms with van der Waals surface area (Å²) in [4.78, 5) is 91.4. The Morgan fingerprint density at radius 2 is 1.75 bits per heavy atom. The molecule has 1 atom stereocenters. The van der Waals surface area contributed by atoms with E-state index in [1.807, 2.05) is 7.05 Å². The third kappa shape index (κ3) is 8.74. The molecule has 1 aromatic heterocycles. The molecule has 0 bridgehead atoms. The van der Waals surface area contributed by atoms with Gasteiger partial charge in [0.1, 0.15) is 23.2 Å². The summed E-state index contributed by atoms with van der Waals surface area (Å²) in [6.45, 7) is 0.245. The van der Waals surface area contributed by atoms with Gasteiger partial charge in [-0.1, -0.05) is 18.9 Å². The van der Waals surface area contributed by atoms with Crippen LogP contribution in [0.3, 0.4) is 0 Å². The Labute approximate surface area is 362 Å². The maximum Gasteiger partial charge on any atom is 0.342 e. The number of alkyl halides is 2. The number of aromatic nitrogens is 2. The summed E-state index contributed by atoms with van der Waals surface area (Å²) in [5.74, 6) is -6.42. The first-order chi connectivity index (χ1) is 30.2. The maximum atomic E-state index is 15.0. The zero-order chi connectivity index (χ0) is 44.6. The molecule has 3 fully saturated rings. The van der Waals surface area contributed by atoms with Crippen LogP contribution in [0.2, 0.25) is 0 Å². The number of hydrogen-bond acceptors (Lipinski definition) is 13. The number of hydrogen-bond donors (Lipinski definition) is 3. The Kier molecular flexibility index (Phi) is 12.3. The molecule has 1 saturated heterocycles. The Bertz CT molecular complexity index is 2320. The van der Waals surface area contributed by atoms with Gasteiger partial charge in [0, 0.05) is 43.7 Å². The molecular weight excluding hydrogens is 821 g/mol. The average molecular weight is 872 g/mol. The number of carbonyl (C=O) groups excluding carboxylic acids is 6. The minimum Gasteiger partial charge on any atom is -0.495 e. The molecule has 3 aromatic rings. The number of imide groups is 2. The first-order valence-corrected chi connectivity index (χ1v) is 21.5. The topological polar surface area (TPSA) is 196 Å². The van der Waals surface area contributed by atoms with Gasteiger partial charge in [-0.05, 0) is 88.7 Å². The van der Waals surface area contributed by atoms with Gasteiger partial charge in [0.15, 0.2) is 5.82 Å². The highest BCUT2D eigenvalue weighted by Gasteiger charge is 2.49. The highest BCUT2D eigenvalue weighted by molar-refractivity contribution is 6.24. The lowest BCUT2D eigenvalue weighted by atomic mass is 9.90. The molecule has 6 amide bonds. The Morgan fingerprint density at radius 1 is 0.984 bits per heavy atom. The van der Waals surface area contributed by atoms with Crippen molar-refractivity contribution >= 4 is 58.6 Å². The number of ether oxygens (including phenoxy) is 2. The van der Waals surface area contributed by atoms with Crippen LogP contribution in [0.15, 0.2) is 42.6 Å². The van der Waals surface area contributed by atoms with Gasteiger partial charge >= 0.3 is 5.92 Å². The normalized spacial score (nSPS) is 22.5. The van der Waals surface area contributed by atoms with E-state index in [9.17, 15) is 28.8 Å². The largest absolute Gasteiger partial charge is 0.495 e. The summed E-state index contributed by atoms with van der Waals surface area (Å²) < 4.78 is 41.7. The standard InChI is InChI=1S/C44H51F2N9O8/c1-52(20-7-21-63-33-11-6-10-29-36(33)41(60)55(40(29)59)31-18-19-35(56)50-39(31)58)27-15-13-26(14-16-27)48-38(57)25-12-17-30(34(22-25)62-3)49-43-47-23-32-37(51-43)54(28-8-4-5-9-28)24-44(45,46)42(61)53(32)2/h6,10-12,17,22-23,26-28,31H,4-5,7-9,13-16,18-21,24H2,1-3H3,(H,48,57)(H,47,49,51)(H,50,56,58)/t26-,27-,31?. The van der Waals surface area contributed by atoms with Crippen molar-refractivity contribution in [1.29, 1.82) is 0 Å². The molecule has 2 aromatic carbocycles. The van der Waals surface area contributed by atoms with E-state index < -0.39 is 48.0 Å². The number of rotatable bonds is 13. The zero-order valence-electron chi connectivity index (χ0n) is 35.5. The zero-order valence-corrected chi connectivity index (χ0v) is 35.5. The van der Waals surface area contributed by atoms with Crippen LogP contribution in [0.1, 0.15) is 102 Å². The van der Waals surface area contributed by atoms with E-state index in [1.165, 1.54) is 26.4 Å². The Hall–Kier alpha value is -6.24. The SMILES string of the molecule is COc1cc(C(=O)N[C@H]2CC[C@H](N(C)CCCOc3cccc4c3C(=O)N(C3CCC(=O)NC3=O)C4=O)CC2)ccc1Nc1ncc2c(n1)N(C1CCCC1)CC(F)(F)C(=O)N2C. The molecule has 334 valence electrons. The van der Waals surface area contributed by atoms with Crippen molar-refractivity contribution in [2.24, 2.45) is 0 Å². The summed E-state index contributed by atoms with van der Waals surface area (Å²) in [7, 11) is 4.83. The van der Waals surface area contributed by atoms with Crippen molar-refractivity contribution in [2.45, 2.75) is 101 Å². The molecule has 2 aliphatic carbocycles. The number of nitrogens with one attached hydrogen (secondary N) is 3. The minimum atomic E-state index is -3.59. The number of benzene rings is 2. The van der Waals surface area contributed by atoms with E-state index in [-0.39, 0.29) is 65.2 Å². The van der Waals surface area contributed by atoms with Gasteiger partial charge in [-0.15, -0.1) is 0 Å². The van der Waals surface area contributed by atoms with Gasteiger partial charge < -0.3 is 34.8 Å². The van der Waals surface area contributed by atoms with Crippen molar-refractivity contribution in [3.63, 3.8) is 0 Å². The summed E-state index contributed by atoms with van der Waals surface area (Å²) >= 11 is 0. The predicted octanol–water partition coefficient (Wildman–Crippen LogP) is 4.43. The van der Waals surface area contributed by atoms with Crippen LogP contribution in [-0.2, 0) is 14.4 Å². The van der Waals surface area contributed by atoms with Gasteiger partial charge in [-0.3, -0.25) is 39.0 Å². The second-order valence-electron chi connectivity index (χ2n) is 16.9. The lowest BCUT2D eigenvalue weighted by molar-refractivity contribution is -0.140. The Morgan fingerprint density at radius 3 is 2.48 bits per heavy atom. The maximum absolute atomic E-state index is 15.0. The third-order valence-corrected chi connectivity index (χ3v) is 12.8. The van der Waals surface area contributed by atoms with Crippen LogP contribution in [0, 0.1) is 0 Å². The lowest BCUT2D eigenvalue weighted by Crippen LogP contribution is -2.54. The predicted molar refractivity (Wildman–Crippen MR) is 226 cm³/mol. The number of halogens is 2. The monoisotopic (exact) mass is 871 g/mol. The summed E-state index contributed by atoms with van der Waals surface area (Å²) in [5, 5.41) is 8.48. The quantitative estimate of drug-likeness (QED) is 0.161. The molecule has 2 saturated carbocycles. The van der Waals surface area contributed by atoms with E-state index in [4.69, 9.17) is 9.47 Å². The number of anilines is 4. The fourth-order valence-electron chi connectivity index (χ4n) is 9.37. The summed E-state index contributed by atoms with van der Waals surface area (Å²) in [5.41, 5.74) is 1.36. The van der Waals surface area contributed by atoms with Gasteiger partial charge in [0.2, 0.25) is 17.8 Å². The third-order valence-electron chi connectivity index (χ3n) is 12.8. The average Bonchev–Trinajstić information content (AvgIpc) is 3.89. The van der Waals surface area contributed by atoms with Crippen molar-refractivity contribution in [3.8, 4) is 11.5 Å². The number of piperidine rings is 1. The highest BCUT2D eigenvalue weighted by Crippen LogP contribution is 2.40. The number of carbonyl (C=O) groups is 6. The minimum absolute atomic E-state index is 0.0253. The molecule has 0 radical (unpaired) electrons. The second-order valence-corrected chi connectivity index (χ2v) is 16.9. The van der Waals surface area contributed by atoms with Crippen LogP contribution in [0.5, 0.6) is 11.5 Å². The second kappa shape index (κ2) is 17.9. The van der Waals surface area contributed by atoms with E-state index >= 15 is 8.78 Å². The van der Waals surface area contributed by atoms with E-state index in [0.717, 1.165) is 61.2 Å². The summed E-state index contributed by atoms with van der Waals surface area (Å²) in [6, 6.07) is 8.80. The Balaban J connectivity index is 0.819. The fraction of sp³-hybridized carbons (Fsp3) is 0.500. The van der Waals surface area contributed by atoms with Gasteiger partial charge in [-0.2, -0.15) is 13.8 Å². The molecule has 0 spiro atoms. The van der Waals surface area contributed by atoms with Gasteiger partial charge in [0.25, 0.3) is 23.6 Å². The molecule has 5 aliphatic rings. The number of amides is 6. The van der Waals surface area contributed by atoms with E-state index in [1.54, 1.807) is 35.2 Å². The molecule has 1 unspecified atom stereocenters. The van der Waals surface area contributed by atoms with Crippen molar-refractivity contribution in [3.05, 3.63) is 59.3 Å². The van der Waals surface area contributed by atoms with Crippen LogP contribution in [0.25, 0.3) is 0 Å². The van der Waals surface area contributed by atoms with Crippen molar-refractivity contribution in [2.75, 3.05) is 56.0 Å². The lowest BCUT2D eigenvalue weighted by Gasteiger charge is -2.35. The molecular formula is C44H51F2N9O8. The first kappa shape index (κ1) is 43.4. The van der Waals surface area contributed by atoms with Crippen LogP contribution in [0.4, 0.5) is 31.9 Å². The van der Waals surface area contributed by atoms with Crippen LogP contribution >= 0.6 is 0 Å². The number of nitrogens with zero attached hydrogens (tertiary/aromatic N) is 6. The highest BCUT2D eigenvalue weighted by atomic mass is 19.3. The summed E-state index contributed by atoms with van der Waals surface area (Å²) in [6.07, 6.45) is 8.69. The molecule has 8 rings (SSSR count).